The van der Waals surface area contributed by atoms with Gasteiger partial charge in [0.2, 0.25) is 5.88 Å². The van der Waals surface area contributed by atoms with Gasteiger partial charge < -0.3 is 24.6 Å². The maximum atomic E-state index is 12.4. The Kier molecular flexibility index (Phi) is 6.26. The highest BCUT2D eigenvalue weighted by atomic mass is 79.9. The zero-order valence-electron chi connectivity index (χ0n) is 19.7. The molecule has 0 spiro atoms. The standard InChI is InChI=1S/C28H24BrN3O4/c1-32-16-30-14-26(32)28(35,19-6-8-24(29)18(10-19)15-33)20-7-9-25-23(12-20)22(13-27(31-25)36-2)17-4-3-5-21(34)11-17/h3-14,16,33-35H,15H2,1-2H3. The molecule has 0 aliphatic heterocycles. The summed E-state index contributed by atoms with van der Waals surface area (Å²) in [4.78, 5) is 8.84. The van der Waals surface area contributed by atoms with Crippen LogP contribution in [0, 0.1) is 0 Å². The zero-order valence-corrected chi connectivity index (χ0v) is 21.3. The molecule has 5 aromatic rings. The number of aliphatic hydroxyl groups is 2. The molecule has 3 aromatic carbocycles. The summed E-state index contributed by atoms with van der Waals surface area (Å²) in [6.45, 7) is -0.182. The topological polar surface area (TPSA) is 101 Å². The van der Waals surface area contributed by atoms with Crippen LogP contribution in [-0.4, -0.2) is 37.0 Å². The van der Waals surface area contributed by atoms with Crippen LogP contribution < -0.4 is 4.74 Å². The summed E-state index contributed by atoms with van der Waals surface area (Å²) in [7, 11) is 3.38. The SMILES string of the molecule is COc1cc(-c2cccc(O)c2)c2cc(C(O)(c3ccc(Br)c(CO)c3)c3cncn3C)ccc2n1. The largest absolute Gasteiger partial charge is 0.508 e. The van der Waals surface area contributed by atoms with Crippen LogP contribution in [0.4, 0.5) is 0 Å². The molecule has 0 aliphatic carbocycles. The van der Waals surface area contributed by atoms with Crippen molar-refractivity contribution < 1.29 is 20.1 Å². The Labute approximate surface area is 216 Å². The van der Waals surface area contributed by atoms with Gasteiger partial charge in [0.25, 0.3) is 0 Å². The van der Waals surface area contributed by atoms with Crippen molar-refractivity contribution in [2.75, 3.05) is 7.11 Å². The summed E-state index contributed by atoms with van der Waals surface area (Å²) >= 11 is 3.46. The fourth-order valence-corrected chi connectivity index (χ4v) is 4.90. The predicted octanol–water partition coefficient (Wildman–Crippen LogP) is 4.89. The Hall–Kier alpha value is -3.72. The minimum absolute atomic E-state index is 0.144. The third-order valence-electron chi connectivity index (χ3n) is 6.39. The first-order chi connectivity index (χ1) is 17.3. The van der Waals surface area contributed by atoms with Crippen molar-refractivity contribution in [1.29, 1.82) is 0 Å². The van der Waals surface area contributed by atoms with Crippen molar-refractivity contribution in [3.05, 3.63) is 106 Å². The fourth-order valence-electron chi connectivity index (χ4n) is 4.53. The number of imidazole rings is 1. The first-order valence-electron chi connectivity index (χ1n) is 11.2. The summed E-state index contributed by atoms with van der Waals surface area (Å²) in [5.74, 6) is 0.585. The molecule has 2 aromatic heterocycles. The van der Waals surface area contributed by atoms with E-state index in [2.05, 4.69) is 25.9 Å². The molecule has 182 valence electrons. The third kappa shape index (κ3) is 4.03. The van der Waals surface area contributed by atoms with E-state index in [1.807, 2.05) is 49.5 Å². The number of rotatable bonds is 6. The average Bonchev–Trinajstić information content (AvgIpc) is 3.33. The van der Waals surface area contributed by atoms with Gasteiger partial charge in [-0.05, 0) is 64.2 Å². The highest BCUT2D eigenvalue weighted by Gasteiger charge is 2.37. The van der Waals surface area contributed by atoms with Crippen molar-refractivity contribution in [3.63, 3.8) is 0 Å². The van der Waals surface area contributed by atoms with Crippen molar-refractivity contribution in [1.82, 2.24) is 14.5 Å². The number of benzene rings is 3. The van der Waals surface area contributed by atoms with E-state index in [9.17, 15) is 15.3 Å². The molecule has 1 unspecified atom stereocenters. The number of aromatic nitrogens is 3. The molecule has 0 saturated heterocycles. The van der Waals surface area contributed by atoms with Gasteiger partial charge in [-0.3, -0.25) is 0 Å². The molecular weight excluding hydrogens is 522 g/mol. The first kappa shape index (κ1) is 24.0. The van der Waals surface area contributed by atoms with Crippen molar-refractivity contribution in [2.24, 2.45) is 7.05 Å². The highest BCUT2D eigenvalue weighted by molar-refractivity contribution is 9.10. The predicted molar refractivity (Wildman–Crippen MR) is 141 cm³/mol. The van der Waals surface area contributed by atoms with Crippen LogP contribution in [0.5, 0.6) is 11.6 Å². The quantitative estimate of drug-likeness (QED) is 0.281. The van der Waals surface area contributed by atoms with Crippen LogP contribution in [0.1, 0.15) is 22.4 Å². The number of methoxy groups -OCH3 is 1. The number of aliphatic hydroxyl groups excluding tert-OH is 1. The summed E-state index contributed by atoms with van der Waals surface area (Å²) < 4.78 is 7.95. The van der Waals surface area contributed by atoms with E-state index in [1.54, 1.807) is 48.5 Å². The van der Waals surface area contributed by atoms with E-state index in [1.165, 1.54) is 0 Å². The number of pyridine rings is 1. The summed E-state index contributed by atoms with van der Waals surface area (Å²) in [6.07, 6.45) is 3.27. The second-order valence-corrected chi connectivity index (χ2v) is 9.41. The molecule has 0 radical (unpaired) electrons. The van der Waals surface area contributed by atoms with E-state index < -0.39 is 5.60 Å². The van der Waals surface area contributed by atoms with Gasteiger partial charge in [0, 0.05) is 23.0 Å². The van der Waals surface area contributed by atoms with E-state index in [0.29, 0.717) is 33.8 Å². The van der Waals surface area contributed by atoms with E-state index >= 15 is 0 Å². The Morgan fingerprint density at radius 2 is 1.81 bits per heavy atom. The fraction of sp³-hybridized carbons (Fsp3) is 0.143. The second-order valence-electron chi connectivity index (χ2n) is 8.56. The smallest absolute Gasteiger partial charge is 0.214 e. The molecule has 1 atom stereocenters. The molecule has 3 N–H and O–H groups in total. The number of aromatic hydroxyl groups is 1. The number of hydrogen-bond donors (Lipinski definition) is 3. The van der Waals surface area contributed by atoms with Crippen molar-refractivity contribution in [2.45, 2.75) is 12.2 Å². The van der Waals surface area contributed by atoms with Gasteiger partial charge in [0.05, 0.1) is 37.5 Å². The molecule has 0 fully saturated rings. The lowest BCUT2D eigenvalue weighted by Gasteiger charge is -2.30. The molecular formula is C28H24BrN3O4. The number of hydrogen-bond acceptors (Lipinski definition) is 6. The first-order valence-corrected chi connectivity index (χ1v) is 12.0. The van der Waals surface area contributed by atoms with Gasteiger partial charge in [0.15, 0.2) is 5.60 Å². The summed E-state index contributed by atoms with van der Waals surface area (Å²) in [5, 5.41) is 33.2. The van der Waals surface area contributed by atoms with E-state index in [4.69, 9.17) is 4.74 Å². The van der Waals surface area contributed by atoms with Crippen LogP contribution >= 0.6 is 15.9 Å². The Balaban J connectivity index is 1.81. The van der Waals surface area contributed by atoms with Crippen LogP contribution in [-0.2, 0) is 19.3 Å². The van der Waals surface area contributed by atoms with Crippen LogP contribution in [0.3, 0.4) is 0 Å². The zero-order chi connectivity index (χ0) is 25.4. The Morgan fingerprint density at radius 1 is 1.03 bits per heavy atom. The van der Waals surface area contributed by atoms with E-state index in [-0.39, 0.29) is 12.4 Å². The number of nitrogens with zero attached hydrogens (tertiary/aromatic N) is 3. The number of ether oxygens (including phenoxy) is 1. The molecule has 7 nitrogen and oxygen atoms in total. The molecule has 8 heteroatoms. The van der Waals surface area contributed by atoms with Gasteiger partial charge in [-0.25, -0.2) is 9.97 Å². The molecule has 36 heavy (non-hydrogen) atoms. The number of halogens is 1. The second kappa shape index (κ2) is 9.39. The summed E-state index contributed by atoms with van der Waals surface area (Å²) in [5.41, 5.74) is 3.07. The average molecular weight is 546 g/mol. The number of fused-ring (bicyclic) bond motifs is 1. The van der Waals surface area contributed by atoms with Crippen LogP contribution in [0.2, 0.25) is 0 Å². The minimum atomic E-state index is -1.58. The molecule has 0 aliphatic rings. The van der Waals surface area contributed by atoms with Crippen LogP contribution in [0.15, 0.2) is 83.7 Å². The number of phenolic OH excluding ortho intramolecular Hbond substituents is 1. The Bertz CT molecular complexity index is 1580. The maximum Gasteiger partial charge on any atom is 0.214 e. The van der Waals surface area contributed by atoms with Crippen LogP contribution in [0.25, 0.3) is 22.0 Å². The monoisotopic (exact) mass is 545 g/mol. The number of aryl methyl sites for hydroxylation is 1. The van der Waals surface area contributed by atoms with Crippen molar-refractivity contribution in [3.8, 4) is 22.8 Å². The highest BCUT2D eigenvalue weighted by Crippen LogP contribution is 2.41. The Morgan fingerprint density at radius 3 is 2.50 bits per heavy atom. The van der Waals surface area contributed by atoms with E-state index in [0.717, 1.165) is 21.0 Å². The molecule has 2 heterocycles. The van der Waals surface area contributed by atoms with Crippen molar-refractivity contribution >= 4 is 26.8 Å². The minimum Gasteiger partial charge on any atom is -0.508 e. The molecule has 0 amide bonds. The molecule has 0 saturated carbocycles. The lowest BCUT2D eigenvalue weighted by molar-refractivity contribution is 0.117. The molecule has 5 rings (SSSR count). The third-order valence-corrected chi connectivity index (χ3v) is 7.16. The van der Waals surface area contributed by atoms with Gasteiger partial charge in [-0.2, -0.15) is 0 Å². The lowest BCUT2D eigenvalue weighted by atomic mass is 9.82. The summed E-state index contributed by atoms with van der Waals surface area (Å²) in [6, 6.07) is 19.8. The van der Waals surface area contributed by atoms with Gasteiger partial charge in [0.1, 0.15) is 5.75 Å². The lowest BCUT2D eigenvalue weighted by Crippen LogP contribution is -2.31. The number of phenols is 1. The molecule has 0 bridgehead atoms. The van der Waals surface area contributed by atoms with Gasteiger partial charge >= 0.3 is 0 Å². The maximum absolute atomic E-state index is 12.4. The van der Waals surface area contributed by atoms with Gasteiger partial charge in [-0.15, -0.1) is 0 Å². The van der Waals surface area contributed by atoms with Gasteiger partial charge in [-0.1, -0.05) is 40.2 Å². The normalized spacial score (nSPS) is 13.0.